The van der Waals surface area contributed by atoms with Crippen molar-refractivity contribution in [3.63, 3.8) is 0 Å². The van der Waals surface area contributed by atoms with Crippen LogP contribution in [0.25, 0.3) is 17.5 Å². The Balaban J connectivity index is 1.43. The number of ketones is 2. The fraction of sp³-hybridized carbons (Fsp3) is 0.462. The predicted molar refractivity (Wildman–Crippen MR) is 245 cm³/mol. The van der Waals surface area contributed by atoms with Crippen molar-refractivity contribution in [1.29, 1.82) is 0 Å². The number of methoxy groups -OCH3 is 1. The number of Topliss-reactive ketones (excluding diaryl/α,β-unsaturated/α-hetero) is 2. The summed E-state index contributed by atoms with van der Waals surface area (Å²) in [7, 11) is 1.32. The Kier molecular flexibility index (Phi) is 10.6. The topological polar surface area (TPSA) is 144 Å². The van der Waals surface area contributed by atoms with Gasteiger partial charge >= 0.3 is 11.9 Å². The standard InChI is InChI=1S/C52H57ClN2O9/c1-27(2)13-12-20-50(8)21-19-33-44(62-50)32(17-16-28(3)4)46-39(45(33)61-36(56)26-53)42-40-37(38-41(55(42)24-23-54)30-14-10-11-15-31(30)43(38)57)34-25-35-49(6,7)64-51(47(34)58,52(35,40)63-46)22-18-29(5)48(59)60-9/h10-11,13-16,18-19,21,34-35,37H,12,17,20,22-26,54H2,1-9H3/b29-18-. The molecule has 4 fully saturated rings. The van der Waals surface area contributed by atoms with Crippen LogP contribution < -0.4 is 19.9 Å². The fourth-order valence-electron chi connectivity index (χ4n) is 11.9. The summed E-state index contributed by atoms with van der Waals surface area (Å²) in [5.41, 5.74) is 9.88. The predicted octanol–water partition coefficient (Wildman–Crippen LogP) is 8.87. The van der Waals surface area contributed by atoms with Crippen LogP contribution in [0.1, 0.15) is 114 Å². The van der Waals surface area contributed by atoms with Gasteiger partial charge in [0, 0.05) is 70.7 Å². The molecule has 0 amide bonds. The largest absolute Gasteiger partial charge is 0.482 e. The number of carbonyl (C=O) groups excluding carboxylic acids is 4. The lowest BCUT2D eigenvalue weighted by molar-refractivity contribution is -0.181. The lowest BCUT2D eigenvalue weighted by Gasteiger charge is -2.63. The molecule has 10 rings (SSSR count). The molecule has 11 nitrogen and oxygen atoms in total. The number of nitrogens with zero attached hydrogens (tertiary/aromatic N) is 1. The monoisotopic (exact) mass is 888 g/mol. The molecule has 1 saturated heterocycles. The van der Waals surface area contributed by atoms with E-state index in [1.54, 1.807) is 13.0 Å². The van der Waals surface area contributed by atoms with Crippen molar-refractivity contribution in [2.24, 2.45) is 23.5 Å². The zero-order valence-electron chi connectivity index (χ0n) is 38.2. The van der Waals surface area contributed by atoms with Crippen LogP contribution in [0.4, 0.5) is 0 Å². The van der Waals surface area contributed by atoms with Crippen LogP contribution in [0, 0.1) is 17.8 Å². The third-order valence-electron chi connectivity index (χ3n) is 14.5. The van der Waals surface area contributed by atoms with Crippen molar-refractivity contribution in [3.8, 4) is 17.2 Å². The first kappa shape index (κ1) is 44.0. The second kappa shape index (κ2) is 15.5. The summed E-state index contributed by atoms with van der Waals surface area (Å²) in [5.74, 6) is -2.72. The number of nitrogens with two attached hydrogens (primary N) is 1. The summed E-state index contributed by atoms with van der Waals surface area (Å²) in [4.78, 5) is 59.6. The van der Waals surface area contributed by atoms with Gasteiger partial charge in [-0.3, -0.25) is 14.4 Å². The van der Waals surface area contributed by atoms with E-state index in [2.05, 4.69) is 30.9 Å². The van der Waals surface area contributed by atoms with Crippen molar-refractivity contribution in [3.05, 3.63) is 104 Å². The lowest BCUT2D eigenvalue weighted by Crippen LogP contribution is -2.75. The van der Waals surface area contributed by atoms with Crippen molar-refractivity contribution in [2.75, 3.05) is 26.1 Å². The highest BCUT2D eigenvalue weighted by atomic mass is 35.5. The summed E-state index contributed by atoms with van der Waals surface area (Å²) in [6, 6.07) is 7.52. The molecule has 4 aliphatic carbocycles. The first-order chi connectivity index (χ1) is 30.4. The Labute approximate surface area is 380 Å². The minimum absolute atomic E-state index is 0.0109. The van der Waals surface area contributed by atoms with Crippen molar-refractivity contribution >= 4 is 52.6 Å². The van der Waals surface area contributed by atoms with Gasteiger partial charge in [0.2, 0.25) is 0 Å². The number of benzene rings is 2. The van der Waals surface area contributed by atoms with E-state index >= 15 is 9.59 Å². The first-order valence-electron chi connectivity index (χ1n) is 22.3. The van der Waals surface area contributed by atoms with Crippen molar-refractivity contribution in [1.82, 2.24) is 4.90 Å². The van der Waals surface area contributed by atoms with Gasteiger partial charge in [-0.05, 0) is 93.2 Å². The molecule has 64 heavy (non-hydrogen) atoms. The zero-order chi connectivity index (χ0) is 45.8. The molecular weight excluding hydrogens is 832 g/mol. The Morgan fingerprint density at radius 1 is 0.969 bits per heavy atom. The molecule has 2 aromatic rings. The molecule has 4 aliphatic heterocycles. The maximum Gasteiger partial charge on any atom is 0.333 e. The van der Waals surface area contributed by atoms with Crippen molar-refractivity contribution in [2.45, 2.75) is 110 Å². The fourth-order valence-corrected chi connectivity index (χ4v) is 11.9. The average Bonchev–Trinajstić information content (AvgIpc) is 3.62. The molecule has 6 atom stereocenters. The van der Waals surface area contributed by atoms with Gasteiger partial charge in [-0.15, -0.1) is 11.6 Å². The van der Waals surface area contributed by atoms with E-state index in [9.17, 15) is 9.59 Å². The van der Waals surface area contributed by atoms with Crippen LogP contribution in [-0.4, -0.2) is 76.9 Å². The van der Waals surface area contributed by atoms with Gasteiger partial charge < -0.3 is 34.3 Å². The highest BCUT2D eigenvalue weighted by Gasteiger charge is 2.84. The lowest BCUT2D eigenvalue weighted by atomic mass is 9.44. The van der Waals surface area contributed by atoms with Gasteiger partial charge in [-0.25, -0.2) is 4.79 Å². The van der Waals surface area contributed by atoms with Crippen LogP contribution in [-0.2, 0) is 30.3 Å². The van der Waals surface area contributed by atoms with E-state index in [-0.39, 0.29) is 36.8 Å². The Bertz CT molecular complexity index is 2640. The van der Waals surface area contributed by atoms with E-state index in [1.807, 2.05) is 71.0 Å². The van der Waals surface area contributed by atoms with Gasteiger partial charge in [0.25, 0.3) is 0 Å². The van der Waals surface area contributed by atoms with Gasteiger partial charge in [0.1, 0.15) is 23.0 Å². The molecule has 4 heterocycles. The highest BCUT2D eigenvalue weighted by molar-refractivity contribution is 6.27. The minimum Gasteiger partial charge on any atom is -0.482 e. The highest BCUT2D eigenvalue weighted by Crippen LogP contribution is 2.75. The number of esters is 2. The molecule has 3 saturated carbocycles. The average molecular weight is 889 g/mol. The van der Waals surface area contributed by atoms with E-state index < -0.39 is 58.0 Å². The SMILES string of the molecule is COC(=O)/C(C)=C\CC12OC(C)(C)C3CC(C1=O)C1C4=C(c5ccccc5C4=O)N(CCN)C4=C1C32Oc1c(CC=C(C)C)c2c(c(OC(=O)CCl)c14)C=CC(C)(CCC=C(C)C)O2. The number of alkyl halides is 1. The van der Waals surface area contributed by atoms with Gasteiger partial charge in [0.15, 0.2) is 28.5 Å². The maximum absolute atomic E-state index is 15.9. The van der Waals surface area contributed by atoms with Gasteiger partial charge in [0.05, 0.1) is 35.2 Å². The van der Waals surface area contributed by atoms with E-state index in [1.165, 1.54) is 12.7 Å². The van der Waals surface area contributed by atoms with Crippen LogP contribution in [0.5, 0.6) is 17.2 Å². The third kappa shape index (κ3) is 6.13. The molecule has 1 spiro atoms. The number of hydrogen-bond acceptors (Lipinski definition) is 11. The second-order valence-electron chi connectivity index (χ2n) is 19.4. The van der Waals surface area contributed by atoms with Gasteiger partial charge in [-0.2, -0.15) is 0 Å². The van der Waals surface area contributed by atoms with Crippen LogP contribution in [0.2, 0.25) is 0 Å². The molecule has 6 unspecified atom stereocenters. The summed E-state index contributed by atoms with van der Waals surface area (Å²) in [6.07, 6.45) is 12.2. The summed E-state index contributed by atoms with van der Waals surface area (Å²) >= 11 is 6.26. The summed E-state index contributed by atoms with van der Waals surface area (Å²) in [6.45, 7) is 16.3. The number of allylic oxidation sites excluding steroid dienone is 5. The number of hydrogen-bond donors (Lipinski definition) is 1. The summed E-state index contributed by atoms with van der Waals surface area (Å²) < 4.78 is 33.9. The molecule has 4 bridgehead atoms. The van der Waals surface area contributed by atoms with E-state index in [0.717, 1.165) is 17.6 Å². The Morgan fingerprint density at radius 3 is 2.36 bits per heavy atom. The Morgan fingerprint density at radius 2 is 1.69 bits per heavy atom. The van der Waals surface area contributed by atoms with Gasteiger partial charge in [-0.1, -0.05) is 53.6 Å². The number of ether oxygens (including phenoxy) is 5. The first-order valence-corrected chi connectivity index (χ1v) is 22.9. The van der Waals surface area contributed by atoms with Crippen LogP contribution >= 0.6 is 11.6 Å². The number of fused-ring (bicyclic) bond motifs is 5. The van der Waals surface area contributed by atoms with E-state index in [4.69, 9.17) is 41.0 Å². The summed E-state index contributed by atoms with van der Waals surface area (Å²) in [5, 5.41) is 0. The smallest absolute Gasteiger partial charge is 0.333 e. The van der Waals surface area contributed by atoms with Crippen LogP contribution in [0.3, 0.4) is 0 Å². The van der Waals surface area contributed by atoms with E-state index in [0.29, 0.717) is 81.1 Å². The number of carbonyl (C=O) groups is 4. The molecule has 0 aromatic heterocycles. The molecule has 336 valence electrons. The number of halogens is 1. The number of rotatable bonds is 12. The molecule has 12 heteroatoms. The quantitative estimate of drug-likeness (QED) is 0.0718. The van der Waals surface area contributed by atoms with Crippen molar-refractivity contribution < 1.29 is 42.9 Å². The third-order valence-corrected chi connectivity index (χ3v) is 14.7. The minimum atomic E-state index is -1.66. The molecule has 2 N–H and O–H groups in total. The molecular formula is C52H57ClN2O9. The second-order valence-corrected chi connectivity index (χ2v) is 19.7. The Hall–Kier alpha value is -5.23. The molecule has 8 aliphatic rings. The molecule has 0 radical (unpaired) electrons. The molecule has 2 aromatic carbocycles. The van der Waals surface area contributed by atoms with Crippen LogP contribution in [0.15, 0.2) is 76.4 Å². The zero-order valence-corrected chi connectivity index (χ0v) is 38.9. The normalized spacial score (nSPS) is 28.4. The maximum atomic E-state index is 15.9.